The van der Waals surface area contributed by atoms with Gasteiger partial charge in [-0.25, -0.2) is 9.72 Å². The topological polar surface area (TPSA) is 43.9 Å². The van der Waals surface area contributed by atoms with Gasteiger partial charge >= 0.3 is 0 Å². The molecule has 0 spiro atoms. The summed E-state index contributed by atoms with van der Waals surface area (Å²) in [5.74, 6) is 0.738. The molecule has 0 radical (unpaired) electrons. The fourth-order valence-electron chi connectivity index (χ4n) is 2.83. The number of hydroxylamine groups is 1. The third-order valence-electron chi connectivity index (χ3n) is 4.00. The molecule has 100 valence electrons. The number of hydrogen-bond donors (Lipinski definition) is 0. The van der Waals surface area contributed by atoms with Crippen molar-refractivity contribution < 1.29 is 4.74 Å². The van der Waals surface area contributed by atoms with Gasteiger partial charge in [0.25, 0.3) is 0 Å². The van der Waals surface area contributed by atoms with E-state index in [1.54, 1.807) is 6.21 Å². The van der Waals surface area contributed by atoms with Gasteiger partial charge in [0, 0.05) is 19.9 Å². The van der Waals surface area contributed by atoms with Crippen LogP contribution in [0.5, 0.6) is 0 Å². The normalized spacial score (nSPS) is 18.1. The predicted octanol–water partition coefficient (Wildman–Crippen LogP) is 2.84. The smallest absolute Gasteiger partial charge is 0.218 e. The molecule has 4 heteroatoms. The van der Waals surface area contributed by atoms with E-state index in [-0.39, 0.29) is 6.04 Å². The quantitative estimate of drug-likeness (QED) is 0.359. The van der Waals surface area contributed by atoms with Crippen LogP contribution in [0, 0.1) is 5.21 Å². The molecule has 0 atom stereocenters. The molecule has 1 aromatic heterocycles. The van der Waals surface area contributed by atoms with Crippen LogP contribution in [0.25, 0.3) is 11.0 Å². The number of aryl methyl sites for hydroxylation is 1. The molecule has 0 unspecified atom stereocenters. The van der Waals surface area contributed by atoms with Gasteiger partial charge in [-0.15, -0.1) is 0 Å². The second-order valence-electron chi connectivity index (χ2n) is 5.30. The SMILES string of the molecule is Cn1c(/C=[N+](\[O-])C2CCCCC2)nc2ccccc21. The average molecular weight is 257 g/mol. The van der Waals surface area contributed by atoms with E-state index in [1.165, 1.54) is 19.3 Å². The van der Waals surface area contributed by atoms with Gasteiger partial charge in [-0.05, 0) is 25.0 Å². The van der Waals surface area contributed by atoms with Crippen molar-refractivity contribution in [2.45, 2.75) is 38.1 Å². The summed E-state index contributed by atoms with van der Waals surface area (Å²) in [6.45, 7) is 0. The Bertz CT molecular complexity index is 609. The van der Waals surface area contributed by atoms with Crippen LogP contribution in [0.2, 0.25) is 0 Å². The Morgan fingerprint density at radius 1 is 1.26 bits per heavy atom. The van der Waals surface area contributed by atoms with Crippen molar-refractivity contribution in [3.63, 3.8) is 0 Å². The zero-order chi connectivity index (χ0) is 13.2. The van der Waals surface area contributed by atoms with Gasteiger partial charge in [-0.1, -0.05) is 18.6 Å². The van der Waals surface area contributed by atoms with Gasteiger partial charge in [0.1, 0.15) is 0 Å². The van der Waals surface area contributed by atoms with E-state index in [1.807, 2.05) is 35.9 Å². The molecule has 0 bridgehead atoms. The monoisotopic (exact) mass is 257 g/mol. The minimum Gasteiger partial charge on any atom is -0.624 e. The predicted molar refractivity (Wildman–Crippen MR) is 76.4 cm³/mol. The fourth-order valence-corrected chi connectivity index (χ4v) is 2.83. The first kappa shape index (κ1) is 12.2. The molecular formula is C15H19N3O. The Balaban J connectivity index is 1.93. The molecule has 0 saturated heterocycles. The molecule has 1 aromatic carbocycles. The summed E-state index contributed by atoms with van der Waals surface area (Å²) in [4.78, 5) is 4.51. The highest BCUT2D eigenvalue weighted by molar-refractivity contribution is 5.83. The van der Waals surface area contributed by atoms with Crippen LogP contribution in [0.4, 0.5) is 0 Å². The first-order valence-electron chi connectivity index (χ1n) is 6.97. The van der Waals surface area contributed by atoms with Crippen molar-refractivity contribution in [2.75, 3.05) is 0 Å². The lowest BCUT2D eigenvalue weighted by molar-refractivity contribution is -0.501. The van der Waals surface area contributed by atoms with Crippen molar-refractivity contribution in [3.05, 3.63) is 35.3 Å². The van der Waals surface area contributed by atoms with Crippen LogP contribution in [0.1, 0.15) is 37.9 Å². The van der Waals surface area contributed by atoms with E-state index in [2.05, 4.69) is 4.98 Å². The molecule has 2 aromatic rings. The Morgan fingerprint density at radius 2 is 2.00 bits per heavy atom. The number of imidazole rings is 1. The van der Waals surface area contributed by atoms with E-state index in [0.717, 1.165) is 34.4 Å². The molecule has 3 rings (SSSR count). The maximum Gasteiger partial charge on any atom is 0.218 e. The van der Waals surface area contributed by atoms with Gasteiger partial charge in [-0.2, -0.15) is 0 Å². The Morgan fingerprint density at radius 3 is 2.74 bits per heavy atom. The maximum absolute atomic E-state index is 12.2. The lowest BCUT2D eigenvalue weighted by atomic mass is 9.96. The summed E-state index contributed by atoms with van der Waals surface area (Å²) in [7, 11) is 1.95. The Kier molecular flexibility index (Phi) is 3.23. The molecule has 1 aliphatic rings. The summed E-state index contributed by atoms with van der Waals surface area (Å²) >= 11 is 0. The molecule has 1 fully saturated rings. The highest BCUT2D eigenvalue weighted by Gasteiger charge is 2.20. The number of nitrogens with zero attached hydrogens (tertiary/aromatic N) is 3. The maximum atomic E-state index is 12.2. The standard InChI is InChI=1S/C15H19N3O/c1-17-14-10-6-5-9-13(14)16-15(17)11-18(19)12-7-3-2-4-8-12/h5-6,9-12H,2-4,7-8H2,1H3/b18-11-. The number of para-hydroxylation sites is 2. The summed E-state index contributed by atoms with van der Waals surface area (Å²) in [5, 5.41) is 12.2. The van der Waals surface area contributed by atoms with Crippen LogP contribution in [0.3, 0.4) is 0 Å². The van der Waals surface area contributed by atoms with Crippen LogP contribution >= 0.6 is 0 Å². The van der Waals surface area contributed by atoms with E-state index >= 15 is 0 Å². The van der Waals surface area contributed by atoms with Gasteiger partial charge in [0.05, 0.1) is 11.0 Å². The van der Waals surface area contributed by atoms with Crippen LogP contribution < -0.4 is 0 Å². The first-order chi connectivity index (χ1) is 9.25. The van der Waals surface area contributed by atoms with E-state index in [4.69, 9.17) is 0 Å². The van der Waals surface area contributed by atoms with Crippen LogP contribution in [0.15, 0.2) is 24.3 Å². The number of benzene rings is 1. The number of hydrogen-bond acceptors (Lipinski definition) is 2. The third kappa shape index (κ3) is 2.35. The van der Waals surface area contributed by atoms with Crippen LogP contribution in [-0.2, 0) is 7.05 Å². The molecule has 4 nitrogen and oxygen atoms in total. The lowest BCUT2D eigenvalue weighted by Crippen LogP contribution is -2.25. The summed E-state index contributed by atoms with van der Waals surface area (Å²) < 4.78 is 3.09. The highest BCUT2D eigenvalue weighted by atomic mass is 16.5. The van der Waals surface area contributed by atoms with Crippen molar-refractivity contribution in [3.8, 4) is 0 Å². The zero-order valence-corrected chi connectivity index (χ0v) is 11.2. The second kappa shape index (κ2) is 5.03. The number of rotatable bonds is 2. The molecule has 1 saturated carbocycles. The minimum atomic E-state index is 0.133. The Labute approximate surface area is 113 Å². The van der Waals surface area contributed by atoms with Crippen LogP contribution in [-0.4, -0.2) is 26.5 Å². The van der Waals surface area contributed by atoms with Gasteiger partial charge < -0.3 is 9.77 Å². The number of fused-ring (bicyclic) bond motifs is 1. The zero-order valence-electron chi connectivity index (χ0n) is 11.2. The van der Waals surface area contributed by atoms with Crippen molar-refractivity contribution in [1.29, 1.82) is 0 Å². The van der Waals surface area contributed by atoms with Crippen molar-refractivity contribution >= 4 is 17.2 Å². The fraction of sp³-hybridized carbons (Fsp3) is 0.467. The highest BCUT2D eigenvalue weighted by Crippen LogP contribution is 2.20. The van der Waals surface area contributed by atoms with Crippen molar-refractivity contribution in [2.24, 2.45) is 7.05 Å². The van der Waals surface area contributed by atoms with Gasteiger partial charge in [0.15, 0.2) is 11.9 Å². The molecular weight excluding hydrogens is 238 g/mol. The molecule has 1 aliphatic carbocycles. The Hall–Kier alpha value is -1.84. The largest absolute Gasteiger partial charge is 0.624 e. The summed E-state index contributed by atoms with van der Waals surface area (Å²) in [6.07, 6.45) is 7.25. The molecule has 0 aliphatic heterocycles. The molecule has 19 heavy (non-hydrogen) atoms. The third-order valence-corrected chi connectivity index (χ3v) is 4.00. The minimum absolute atomic E-state index is 0.133. The number of aromatic nitrogens is 2. The van der Waals surface area contributed by atoms with Gasteiger partial charge in [0.2, 0.25) is 6.21 Å². The van der Waals surface area contributed by atoms with Crippen molar-refractivity contribution in [1.82, 2.24) is 9.55 Å². The van der Waals surface area contributed by atoms with E-state index < -0.39 is 0 Å². The molecule has 0 amide bonds. The second-order valence-corrected chi connectivity index (χ2v) is 5.30. The molecule has 0 N–H and O–H groups in total. The molecule has 1 heterocycles. The first-order valence-corrected chi connectivity index (χ1v) is 6.97. The van der Waals surface area contributed by atoms with E-state index in [9.17, 15) is 5.21 Å². The van der Waals surface area contributed by atoms with Gasteiger partial charge in [-0.3, -0.25) is 0 Å². The summed E-state index contributed by atoms with van der Waals surface area (Å²) in [5.41, 5.74) is 2.00. The summed E-state index contributed by atoms with van der Waals surface area (Å²) in [6, 6.07) is 8.09. The average Bonchev–Trinajstić information content (AvgIpc) is 2.77. The van der Waals surface area contributed by atoms with E-state index in [0.29, 0.717) is 0 Å². The lowest BCUT2D eigenvalue weighted by Gasteiger charge is -2.20.